The van der Waals surface area contributed by atoms with Crippen LogP contribution < -0.4 is 0 Å². The molecule has 3 heteroatoms. The van der Waals surface area contributed by atoms with Gasteiger partial charge in [0.25, 0.3) is 0 Å². The Morgan fingerprint density at radius 3 is 2.70 bits per heavy atom. The quantitative estimate of drug-likeness (QED) is 0.602. The van der Waals surface area contributed by atoms with Crippen molar-refractivity contribution in [1.29, 1.82) is 0 Å². The van der Waals surface area contributed by atoms with E-state index < -0.39 is 0 Å². The molecule has 3 nitrogen and oxygen atoms in total. The number of ketones is 1. The average Bonchev–Trinajstić information content (AvgIpc) is 2.97. The Kier molecular flexibility index (Phi) is 5.01. The van der Waals surface area contributed by atoms with Gasteiger partial charge in [-0.3, -0.25) is 9.59 Å². The lowest BCUT2D eigenvalue weighted by molar-refractivity contribution is -0.160. The second-order valence-corrected chi connectivity index (χ2v) is 10.2. The van der Waals surface area contributed by atoms with Gasteiger partial charge >= 0.3 is 5.97 Å². The Balaban J connectivity index is 1.51. The number of ether oxygens (including phenoxy) is 1. The van der Waals surface area contributed by atoms with Gasteiger partial charge in [-0.05, 0) is 80.6 Å². The molecular formula is C24H36O3. The van der Waals surface area contributed by atoms with Crippen molar-refractivity contribution in [2.45, 2.75) is 97.5 Å². The van der Waals surface area contributed by atoms with E-state index >= 15 is 0 Å². The maximum absolute atomic E-state index is 12.3. The number of rotatable bonds is 4. The fraction of sp³-hybridized carbons (Fsp3) is 0.833. The molecule has 0 aromatic heterocycles. The summed E-state index contributed by atoms with van der Waals surface area (Å²) in [4.78, 5) is 24.2. The molecule has 0 amide bonds. The van der Waals surface area contributed by atoms with Crippen molar-refractivity contribution in [3.8, 4) is 0 Å². The van der Waals surface area contributed by atoms with Crippen LogP contribution in [-0.2, 0) is 14.3 Å². The van der Waals surface area contributed by atoms with Gasteiger partial charge in [0, 0.05) is 18.3 Å². The largest absolute Gasteiger partial charge is 0.462 e. The number of allylic oxidation sites excluding steroid dienone is 1. The normalized spacial score (nSPS) is 43.4. The Morgan fingerprint density at radius 1 is 1.11 bits per heavy atom. The topological polar surface area (TPSA) is 43.4 Å². The summed E-state index contributed by atoms with van der Waals surface area (Å²) in [6.45, 7) is 6.95. The molecule has 3 saturated carbocycles. The lowest BCUT2D eigenvalue weighted by Gasteiger charge is -2.57. The predicted molar refractivity (Wildman–Crippen MR) is 106 cm³/mol. The maximum atomic E-state index is 12.3. The molecule has 0 N–H and O–H groups in total. The SMILES string of the molecule is CCCCC(=O)OC1CCC2C3CCC4=CC(=O)CCC4(C)C3CCC12C. The summed E-state index contributed by atoms with van der Waals surface area (Å²) in [6, 6.07) is 0. The van der Waals surface area contributed by atoms with Crippen LogP contribution in [0.2, 0.25) is 0 Å². The zero-order chi connectivity index (χ0) is 19.2. The standard InChI is InChI=1S/C24H36O3/c1-4-5-6-22(26)27-21-10-9-19-18-8-7-16-15-17(25)11-13-23(16,2)20(18)12-14-24(19,21)3/h15,18-21H,4-14H2,1-3H3. The molecule has 0 radical (unpaired) electrons. The molecular weight excluding hydrogens is 336 g/mol. The highest BCUT2D eigenvalue weighted by atomic mass is 16.5. The highest BCUT2D eigenvalue weighted by Crippen LogP contribution is 2.65. The Hall–Kier alpha value is -1.12. The van der Waals surface area contributed by atoms with E-state index in [0.29, 0.717) is 24.0 Å². The summed E-state index contributed by atoms with van der Waals surface area (Å²) >= 11 is 0. The first-order valence-corrected chi connectivity index (χ1v) is 11.3. The number of carbonyl (C=O) groups excluding carboxylic acids is 2. The van der Waals surface area contributed by atoms with Gasteiger partial charge in [-0.25, -0.2) is 0 Å². The van der Waals surface area contributed by atoms with Gasteiger partial charge in [-0.1, -0.05) is 32.8 Å². The fourth-order valence-corrected chi connectivity index (χ4v) is 7.24. The van der Waals surface area contributed by atoms with Crippen LogP contribution in [0.5, 0.6) is 0 Å². The molecule has 0 aromatic rings. The van der Waals surface area contributed by atoms with Crippen LogP contribution in [0, 0.1) is 28.6 Å². The van der Waals surface area contributed by atoms with E-state index in [1.54, 1.807) is 0 Å². The van der Waals surface area contributed by atoms with Crippen LogP contribution in [-0.4, -0.2) is 17.9 Å². The molecule has 6 unspecified atom stereocenters. The van der Waals surface area contributed by atoms with Gasteiger partial charge in [-0.2, -0.15) is 0 Å². The first-order chi connectivity index (χ1) is 12.9. The van der Waals surface area contributed by atoms with Crippen LogP contribution in [0.3, 0.4) is 0 Å². The van der Waals surface area contributed by atoms with Gasteiger partial charge in [-0.15, -0.1) is 0 Å². The molecule has 150 valence electrons. The molecule has 4 aliphatic rings. The second-order valence-electron chi connectivity index (χ2n) is 10.2. The first-order valence-electron chi connectivity index (χ1n) is 11.3. The monoisotopic (exact) mass is 372 g/mol. The molecule has 27 heavy (non-hydrogen) atoms. The highest BCUT2D eigenvalue weighted by molar-refractivity contribution is 5.91. The van der Waals surface area contributed by atoms with E-state index in [2.05, 4.69) is 20.8 Å². The van der Waals surface area contributed by atoms with Crippen molar-refractivity contribution in [3.05, 3.63) is 11.6 Å². The number of unbranched alkanes of at least 4 members (excludes halogenated alkanes) is 1. The Morgan fingerprint density at radius 2 is 1.93 bits per heavy atom. The van der Waals surface area contributed by atoms with Crippen molar-refractivity contribution in [3.63, 3.8) is 0 Å². The molecule has 6 atom stereocenters. The fourth-order valence-electron chi connectivity index (χ4n) is 7.24. The average molecular weight is 373 g/mol. The molecule has 0 aromatic carbocycles. The summed E-state index contributed by atoms with van der Waals surface area (Å²) in [5.74, 6) is 2.46. The summed E-state index contributed by atoms with van der Waals surface area (Å²) in [5.41, 5.74) is 1.82. The van der Waals surface area contributed by atoms with Crippen molar-refractivity contribution >= 4 is 11.8 Å². The van der Waals surface area contributed by atoms with E-state index in [1.807, 2.05) is 6.08 Å². The Labute approximate surface area is 164 Å². The van der Waals surface area contributed by atoms with Gasteiger partial charge < -0.3 is 4.74 Å². The third-order valence-electron chi connectivity index (χ3n) is 8.88. The van der Waals surface area contributed by atoms with Gasteiger partial charge in [0.2, 0.25) is 0 Å². The number of fused-ring (bicyclic) bond motifs is 5. The smallest absolute Gasteiger partial charge is 0.306 e. The van der Waals surface area contributed by atoms with Crippen molar-refractivity contribution < 1.29 is 14.3 Å². The second kappa shape index (κ2) is 7.04. The summed E-state index contributed by atoms with van der Waals surface area (Å²) in [5, 5.41) is 0. The minimum atomic E-state index is 0.0115. The minimum Gasteiger partial charge on any atom is -0.462 e. The zero-order valence-corrected chi connectivity index (χ0v) is 17.4. The molecule has 0 spiro atoms. The predicted octanol–water partition coefficient (Wildman–Crippen LogP) is 5.62. The number of esters is 1. The Bertz CT molecular complexity index is 650. The van der Waals surface area contributed by atoms with Crippen LogP contribution in [0.25, 0.3) is 0 Å². The molecule has 0 heterocycles. The minimum absolute atomic E-state index is 0.0115. The van der Waals surface area contributed by atoms with Crippen molar-refractivity contribution in [1.82, 2.24) is 0 Å². The first kappa shape index (κ1) is 19.2. The maximum Gasteiger partial charge on any atom is 0.306 e. The van der Waals surface area contributed by atoms with Crippen molar-refractivity contribution in [2.24, 2.45) is 28.6 Å². The molecule has 4 rings (SSSR count). The van der Waals surface area contributed by atoms with Crippen LogP contribution in [0.4, 0.5) is 0 Å². The van der Waals surface area contributed by atoms with E-state index in [1.165, 1.54) is 31.3 Å². The van der Waals surface area contributed by atoms with E-state index in [0.717, 1.165) is 44.4 Å². The lowest BCUT2D eigenvalue weighted by atomic mass is 9.47. The highest BCUT2D eigenvalue weighted by Gasteiger charge is 2.59. The zero-order valence-electron chi connectivity index (χ0n) is 17.4. The van der Waals surface area contributed by atoms with Crippen LogP contribution in [0.15, 0.2) is 11.6 Å². The number of hydrogen-bond acceptors (Lipinski definition) is 3. The molecule has 0 saturated heterocycles. The van der Waals surface area contributed by atoms with E-state index in [4.69, 9.17) is 4.74 Å². The van der Waals surface area contributed by atoms with E-state index in [9.17, 15) is 9.59 Å². The van der Waals surface area contributed by atoms with Crippen molar-refractivity contribution in [2.75, 3.05) is 0 Å². The summed E-state index contributed by atoms with van der Waals surface area (Å²) in [7, 11) is 0. The van der Waals surface area contributed by atoms with Gasteiger partial charge in [0.05, 0.1) is 0 Å². The number of carbonyl (C=O) groups is 2. The number of hydrogen-bond donors (Lipinski definition) is 0. The molecule has 0 bridgehead atoms. The summed E-state index contributed by atoms with van der Waals surface area (Å²) in [6.07, 6.45) is 13.4. The van der Waals surface area contributed by atoms with E-state index in [-0.39, 0.29) is 22.9 Å². The van der Waals surface area contributed by atoms with Crippen LogP contribution in [0.1, 0.15) is 91.4 Å². The van der Waals surface area contributed by atoms with Gasteiger partial charge in [0.1, 0.15) is 6.10 Å². The third-order valence-corrected chi connectivity index (χ3v) is 8.88. The molecule has 3 fully saturated rings. The van der Waals surface area contributed by atoms with Crippen LogP contribution >= 0.6 is 0 Å². The molecule has 0 aliphatic heterocycles. The summed E-state index contributed by atoms with van der Waals surface area (Å²) < 4.78 is 6.02. The third kappa shape index (κ3) is 3.09. The molecule has 4 aliphatic carbocycles. The van der Waals surface area contributed by atoms with Gasteiger partial charge in [0.15, 0.2) is 5.78 Å². The lowest BCUT2D eigenvalue weighted by Crippen LogP contribution is -2.51.